The maximum absolute atomic E-state index is 10.4. The van der Waals surface area contributed by atoms with Crippen molar-refractivity contribution in [2.45, 2.75) is 64.2 Å². The molecule has 2 saturated carbocycles. The summed E-state index contributed by atoms with van der Waals surface area (Å²) < 4.78 is 7.94. The van der Waals surface area contributed by atoms with E-state index in [4.69, 9.17) is 8.97 Å². The first-order valence-corrected chi connectivity index (χ1v) is 6.91. The number of carbonyl (C=O) groups is 1. The maximum atomic E-state index is 10.4. The zero-order chi connectivity index (χ0) is 12.9. The van der Waals surface area contributed by atoms with Crippen molar-refractivity contribution >= 4 is 5.97 Å². The molecule has 0 aromatic carbocycles. The van der Waals surface area contributed by atoms with Crippen molar-refractivity contribution in [3.63, 3.8) is 0 Å². The standard InChI is InChI=1S/C7H12O2.C6H11.Co.O/c8-7(9)6-4-2-1-3-5-6;1-2-4-6-5-3-1;;/h6H,1-5H2,(H,8,9);1H,2-6H2;;/q;-1;;. The molecule has 0 bridgehead atoms. The molecule has 0 spiro atoms. The summed E-state index contributed by atoms with van der Waals surface area (Å²) in [5.74, 6) is -0.631. The van der Waals surface area contributed by atoms with Gasteiger partial charge >= 0.3 is 25.5 Å². The van der Waals surface area contributed by atoms with E-state index in [1.165, 1.54) is 38.5 Å². The van der Waals surface area contributed by atoms with Crippen molar-refractivity contribution in [2.24, 2.45) is 5.92 Å². The van der Waals surface area contributed by atoms with E-state index >= 15 is 0 Å². The fraction of sp³-hybridized carbons (Fsp3) is 0.846. The second-order valence-corrected chi connectivity index (χ2v) is 4.60. The van der Waals surface area contributed by atoms with Gasteiger partial charge in [0.2, 0.25) is 0 Å². The summed E-state index contributed by atoms with van der Waals surface area (Å²) in [6.45, 7) is 0. The Morgan fingerprint density at radius 2 is 1.41 bits per heavy atom. The van der Waals surface area contributed by atoms with Crippen LogP contribution in [0.15, 0.2) is 0 Å². The van der Waals surface area contributed by atoms with E-state index in [1.807, 2.05) is 0 Å². The van der Waals surface area contributed by atoms with Gasteiger partial charge in [0.05, 0.1) is 5.92 Å². The Morgan fingerprint density at radius 3 is 1.65 bits per heavy atom. The van der Waals surface area contributed by atoms with Gasteiger partial charge in [-0.15, -0.1) is 0 Å². The van der Waals surface area contributed by atoms with Gasteiger partial charge < -0.3 is 11.5 Å². The predicted octanol–water partition coefficient (Wildman–Crippen LogP) is 3.68. The number of hydrogen-bond donors (Lipinski definition) is 1. The number of carboxylic acid groups (broad SMARTS) is 1. The molecule has 0 unspecified atom stereocenters. The van der Waals surface area contributed by atoms with Gasteiger partial charge in [0.25, 0.3) is 0 Å². The molecule has 4 heteroatoms. The third kappa shape index (κ3) is 9.48. The van der Waals surface area contributed by atoms with Gasteiger partial charge in [-0.1, -0.05) is 38.5 Å². The van der Waals surface area contributed by atoms with Crippen molar-refractivity contribution in [3.8, 4) is 0 Å². The van der Waals surface area contributed by atoms with Gasteiger partial charge in [-0.2, -0.15) is 12.8 Å². The molecule has 0 atom stereocenters. The molecular weight excluding hydrogens is 263 g/mol. The first kappa shape index (κ1) is 16.8. The summed E-state index contributed by atoms with van der Waals surface area (Å²) in [7, 11) is 0. The van der Waals surface area contributed by atoms with Crippen LogP contribution in [0.2, 0.25) is 0 Å². The second-order valence-electron chi connectivity index (χ2n) is 4.60. The van der Waals surface area contributed by atoms with Gasteiger partial charge in [-0.05, 0) is 12.8 Å². The summed E-state index contributed by atoms with van der Waals surface area (Å²) in [5, 5.41) is 8.54. The van der Waals surface area contributed by atoms with E-state index in [2.05, 4.69) is 22.1 Å². The van der Waals surface area contributed by atoms with Crippen LogP contribution < -0.4 is 0 Å². The second kappa shape index (κ2) is 12.2. The molecular formula is C13H23CoO3-. The molecule has 17 heavy (non-hydrogen) atoms. The van der Waals surface area contributed by atoms with Gasteiger partial charge in [-0.3, -0.25) is 4.79 Å². The van der Waals surface area contributed by atoms with Gasteiger partial charge in [0.15, 0.2) is 0 Å². The molecule has 1 N–H and O–H groups in total. The van der Waals surface area contributed by atoms with Crippen LogP contribution in [-0.4, -0.2) is 11.1 Å². The Morgan fingerprint density at radius 1 is 0.941 bits per heavy atom. The van der Waals surface area contributed by atoms with Crippen LogP contribution in [0.25, 0.3) is 0 Å². The first-order chi connectivity index (χ1) is 8.30. The summed E-state index contributed by atoms with van der Waals surface area (Å²) in [6, 6.07) is 0. The number of carboxylic acids is 1. The van der Waals surface area contributed by atoms with Gasteiger partial charge in [-0.25, -0.2) is 0 Å². The van der Waals surface area contributed by atoms with E-state index in [0.717, 1.165) is 25.7 Å². The topological polar surface area (TPSA) is 54.4 Å². The Bertz CT molecular complexity index is 176. The molecule has 0 aromatic heterocycles. The SMILES string of the molecule is O=C(O)C1CCCCC1.[CH-]1CCCCC1.[O]=[Co]. The third-order valence-electron chi connectivity index (χ3n) is 3.27. The Hall–Kier alpha value is -0.224. The van der Waals surface area contributed by atoms with Gasteiger partial charge in [0.1, 0.15) is 0 Å². The van der Waals surface area contributed by atoms with E-state index in [1.54, 1.807) is 0 Å². The zero-order valence-corrected chi connectivity index (χ0v) is 11.4. The van der Waals surface area contributed by atoms with E-state index in [-0.39, 0.29) is 5.92 Å². The third-order valence-corrected chi connectivity index (χ3v) is 3.27. The van der Waals surface area contributed by atoms with Crippen LogP contribution in [0, 0.1) is 12.3 Å². The average Bonchev–Trinajstić information content (AvgIpc) is 2.44. The van der Waals surface area contributed by atoms with Crippen LogP contribution in [0.5, 0.6) is 0 Å². The van der Waals surface area contributed by atoms with Crippen molar-refractivity contribution < 1.29 is 29.4 Å². The Kier molecular flexibility index (Phi) is 12.1. The Balaban J connectivity index is 0.000000278. The predicted molar refractivity (Wildman–Crippen MR) is 62.3 cm³/mol. The molecule has 0 radical (unpaired) electrons. The summed E-state index contributed by atoms with van der Waals surface area (Å²) >= 11 is 2.31. The van der Waals surface area contributed by atoms with Crippen molar-refractivity contribution in [1.29, 1.82) is 0 Å². The summed E-state index contributed by atoms with van der Waals surface area (Å²) in [6.07, 6.45) is 14.7. The van der Waals surface area contributed by atoms with E-state index < -0.39 is 5.97 Å². The minimum atomic E-state index is -0.602. The summed E-state index contributed by atoms with van der Waals surface area (Å²) in [4.78, 5) is 10.4. The van der Waals surface area contributed by atoms with E-state index in [9.17, 15) is 4.79 Å². The molecule has 2 aliphatic carbocycles. The van der Waals surface area contributed by atoms with Crippen molar-refractivity contribution in [2.75, 3.05) is 0 Å². The molecule has 103 valence electrons. The monoisotopic (exact) mass is 286 g/mol. The van der Waals surface area contributed by atoms with Crippen LogP contribution in [0.4, 0.5) is 0 Å². The Labute approximate surface area is 112 Å². The molecule has 0 saturated heterocycles. The number of hydrogen-bond acceptors (Lipinski definition) is 2. The molecule has 3 nitrogen and oxygen atoms in total. The fourth-order valence-corrected chi connectivity index (χ4v) is 2.25. The first-order valence-electron chi connectivity index (χ1n) is 6.49. The average molecular weight is 286 g/mol. The number of rotatable bonds is 1. The van der Waals surface area contributed by atoms with Crippen LogP contribution in [-0.2, 0) is 24.3 Å². The van der Waals surface area contributed by atoms with Crippen LogP contribution in [0.1, 0.15) is 64.2 Å². The van der Waals surface area contributed by atoms with Crippen molar-refractivity contribution in [1.82, 2.24) is 0 Å². The molecule has 0 aliphatic heterocycles. The number of aliphatic carboxylic acids is 1. The molecule has 2 fully saturated rings. The van der Waals surface area contributed by atoms with Gasteiger partial charge in [0, 0.05) is 0 Å². The quantitative estimate of drug-likeness (QED) is 0.748. The fourth-order valence-electron chi connectivity index (χ4n) is 2.25. The molecule has 2 rings (SSSR count). The molecule has 0 heterocycles. The zero-order valence-electron chi connectivity index (χ0n) is 10.3. The van der Waals surface area contributed by atoms with Crippen LogP contribution >= 0.6 is 0 Å². The summed E-state index contributed by atoms with van der Waals surface area (Å²) in [5.41, 5.74) is 0. The molecule has 0 amide bonds. The minimum absolute atomic E-state index is 0.0289. The van der Waals surface area contributed by atoms with Crippen LogP contribution in [0.3, 0.4) is 0 Å². The molecule has 0 aromatic rings. The normalized spacial score (nSPS) is 20.3. The van der Waals surface area contributed by atoms with E-state index in [0.29, 0.717) is 0 Å². The molecule has 2 aliphatic rings. The van der Waals surface area contributed by atoms with Crippen molar-refractivity contribution in [3.05, 3.63) is 6.42 Å².